The highest BCUT2D eigenvalue weighted by Gasteiger charge is 2.38. The van der Waals surface area contributed by atoms with Gasteiger partial charge in [-0.2, -0.15) is 0 Å². The van der Waals surface area contributed by atoms with E-state index in [1.165, 1.54) is 0 Å². The summed E-state index contributed by atoms with van der Waals surface area (Å²) >= 11 is 0. The van der Waals surface area contributed by atoms with Crippen LogP contribution in [0.1, 0.15) is 12.8 Å². The zero-order valence-electron chi connectivity index (χ0n) is 12.1. The molecule has 7 nitrogen and oxygen atoms in total. The second-order valence-corrected chi connectivity index (χ2v) is 7.11. The van der Waals surface area contributed by atoms with Gasteiger partial charge in [0, 0.05) is 17.2 Å². The van der Waals surface area contributed by atoms with Gasteiger partial charge in [-0.25, -0.2) is 13.2 Å². The van der Waals surface area contributed by atoms with Crippen LogP contribution in [0.4, 0.5) is 5.69 Å². The standard InChI is InChI=1S/C10H7NO2S.C5H9NO3/c12-14(13)10-6-5-9(11-14)7-3-1-2-4-8(7)10;7-4(8)5(9)2-1-3-6-5/h1-6,11H;6,9H,1-3H2,(H,7,8)/t;5-/m.1/s1. The third kappa shape index (κ3) is 2.76. The molecule has 8 heteroatoms. The van der Waals surface area contributed by atoms with Crippen molar-refractivity contribution < 1.29 is 23.4 Å². The van der Waals surface area contributed by atoms with Crippen molar-refractivity contribution in [1.82, 2.24) is 5.32 Å². The van der Waals surface area contributed by atoms with E-state index >= 15 is 0 Å². The van der Waals surface area contributed by atoms with Gasteiger partial charge in [-0.1, -0.05) is 24.3 Å². The van der Waals surface area contributed by atoms with E-state index in [1.807, 2.05) is 24.3 Å². The summed E-state index contributed by atoms with van der Waals surface area (Å²) in [5.74, 6) is -1.18. The van der Waals surface area contributed by atoms with Crippen LogP contribution in [0.15, 0.2) is 41.3 Å². The van der Waals surface area contributed by atoms with Gasteiger partial charge in [-0.3, -0.25) is 10.0 Å². The van der Waals surface area contributed by atoms with E-state index in [4.69, 9.17) is 10.2 Å². The second-order valence-electron chi connectivity index (χ2n) is 5.46. The number of carbonyl (C=O) groups is 1. The van der Waals surface area contributed by atoms with Gasteiger partial charge in [0.2, 0.25) is 5.72 Å². The summed E-state index contributed by atoms with van der Waals surface area (Å²) in [6, 6.07) is 10.9. The Morgan fingerprint density at radius 3 is 2.35 bits per heavy atom. The summed E-state index contributed by atoms with van der Waals surface area (Å²) in [5.41, 5.74) is -0.976. The average molecular weight is 336 g/mol. The van der Waals surface area contributed by atoms with Gasteiger partial charge in [0.05, 0.1) is 10.6 Å². The minimum Gasteiger partial charge on any atom is -0.478 e. The highest BCUT2D eigenvalue weighted by molar-refractivity contribution is 7.93. The SMILES string of the molecule is O=C(O)[C@]1(O)CCCN1.O=S1(=O)Nc2ccc1c1ccccc21. The van der Waals surface area contributed by atoms with Crippen LogP contribution in [0.3, 0.4) is 0 Å². The van der Waals surface area contributed by atoms with Gasteiger partial charge in [-0.05, 0) is 25.1 Å². The number of aliphatic hydroxyl groups is 1. The van der Waals surface area contributed by atoms with E-state index in [0.29, 0.717) is 23.5 Å². The quantitative estimate of drug-likeness (QED) is 0.620. The summed E-state index contributed by atoms with van der Waals surface area (Å²) in [6.45, 7) is 0.586. The van der Waals surface area contributed by atoms with E-state index in [1.54, 1.807) is 12.1 Å². The zero-order valence-corrected chi connectivity index (χ0v) is 12.9. The summed E-state index contributed by atoms with van der Waals surface area (Å²) in [5, 5.41) is 21.7. The first-order chi connectivity index (χ1) is 10.8. The van der Waals surface area contributed by atoms with Gasteiger partial charge in [0.25, 0.3) is 10.0 Å². The maximum Gasteiger partial charge on any atom is 0.351 e. The molecule has 0 unspecified atom stereocenters. The van der Waals surface area contributed by atoms with E-state index in [-0.39, 0.29) is 0 Å². The first kappa shape index (κ1) is 15.7. The Morgan fingerprint density at radius 1 is 1.13 bits per heavy atom. The van der Waals surface area contributed by atoms with Crippen molar-refractivity contribution >= 4 is 32.5 Å². The molecule has 23 heavy (non-hydrogen) atoms. The fourth-order valence-corrected chi connectivity index (χ4v) is 4.00. The number of anilines is 1. The van der Waals surface area contributed by atoms with Crippen molar-refractivity contribution in [2.24, 2.45) is 0 Å². The molecule has 0 aliphatic carbocycles. The molecule has 5 rings (SSSR count). The molecule has 1 atom stereocenters. The Bertz CT molecular complexity index is 873. The topological polar surface area (TPSA) is 116 Å². The van der Waals surface area contributed by atoms with Crippen LogP contribution in [-0.4, -0.2) is 36.9 Å². The van der Waals surface area contributed by atoms with Gasteiger partial charge >= 0.3 is 5.97 Å². The van der Waals surface area contributed by atoms with Crippen LogP contribution >= 0.6 is 0 Å². The Kier molecular flexibility index (Phi) is 3.75. The summed E-state index contributed by atoms with van der Waals surface area (Å²) < 4.78 is 25.7. The molecule has 2 aromatic carbocycles. The third-order valence-corrected chi connectivity index (χ3v) is 5.33. The molecule has 122 valence electrons. The normalized spacial score (nSPS) is 23.9. The molecule has 1 fully saturated rings. The Hall–Kier alpha value is -2.16. The number of hydrogen-bond donors (Lipinski definition) is 4. The third-order valence-electron chi connectivity index (χ3n) is 3.90. The van der Waals surface area contributed by atoms with Gasteiger partial charge < -0.3 is 10.2 Å². The van der Waals surface area contributed by atoms with Crippen molar-refractivity contribution in [3.63, 3.8) is 0 Å². The number of nitrogens with one attached hydrogen (secondary N) is 2. The number of rotatable bonds is 1. The van der Waals surface area contributed by atoms with Crippen LogP contribution in [0.5, 0.6) is 0 Å². The summed E-state index contributed by atoms with van der Waals surface area (Å²) in [7, 11) is -3.29. The van der Waals surface area contributed by atoms with Crippen molar-refractivity contribution in [3.05, 3.63) is 36.4 Å². The van der Waals surface area contributed by atoms with Crippen molar-refractivity contribution in [1.29, 1.82) is 0 Å². The molecule has 2 aromatic rings. The Morgan fingerprint density at radius 2 is 1.83 bits per heavy atom. The van der Waals surface area contributed by atoms with Crippen LogP contribution in [-0.2, 0) is 14.8 Å². The lowest BCUT2D eigenvalue weighted by molar-refractivity contribution is -0.160. The number of carboxylic acid groups (broad SMARTS) is 1. The lowest BCUT2D eigenvalue weighted by Crippen LogP contribution is -2.47. The monoisotopic (exact) mass is 336 g/mol. The lowest BCUT2D eigenvalue weighted by atomic mass is 10.1. The molecule has 0 amide bonds. The van der Waals surface area contributed by atoms with Crippen LogP contribution in [0.2, 0.25) is 0 Å². The Balaban J connectivity index is 0.000000151. The maximum absolute atomic E-state index is 11.6. The molecule has 3 heterocycles. The highest BCUT2D eigenvalue weighted by atomic mass is 32.2. The van der Waals surface area contributed by atoms with Crippen molar-refractivity contribution in [2.75, 3.05) is 11.3 Å². The number of fused-ring (bicyclic) bond motifs is 2. The number of aliphatic carboxylic acids is 1. The van der Waals surface area contributed by atoms with Gasteiger partial charge in [0.15, 0.2) is 0 Å². The molecular formula is C15H16N2O5S. The number of hydrogen-bond acceptors (Lipinski definition) is 5. The minimum absolute atomic E-state index is 0.308. The van der Waals surface area contributed by atoms with E-state index in [2.05, 4.69) is 10.0 Å². The smallest absolute Gasteiger partial charge is 0.351 e. The second kappa shape index (κ2) is 5.48. The predicted octanol–water partition coefficient (Wildman–Crippen LogP) is 1.10. The Labute approximate surface area is 133 Å². The van der Waals surface area contributed by atoms with E-state index in [0.717, 1.165) is 17.2 Å². The van der Waals surface area contributed by atoms with Gasteiger partial charge in [0.1, 0.15) is 0 Å². The highest BCUT2D eigenvalue weighted by Crippen LogP contribution is 2.35. The molecular weight excluding hydrogens is 320 g/mol. The number of sulfonamides is 1. The lowest BCUT2D eigenvalue weighted by Gasteiger charge is -2.19. The summed E-state index contributed by atoms with van der Waals surface area (Å²) in [6.07, 6.45) is 1.03. The molecule has 3 aliphatic rings. The van der Waals surface area contributed by atoms with E-state index in [9.17, 15) is 13.2 Å². The molecule has 4 N–H and O–H groups in total. The molecule has 0 spiro atoms. The maximum atomic E-state index is 11.6. The van der Waals surface area contributed by atoms with E-state index < -0.39 is 21.7 Å². The molecule has 0 saturated carbocycles. The van der Waals surface area contributed by atoms with Crippen LogP contribution in [0, 0.1) is 0 Å². The summed E-state index contributed by atoms with van der Waals surface area (Å²) in [4.78, 5) is 10.6. The molecule has 0 radical (unpaired) electrons. The minimum atomic E-state index is -3.29. The van der Waals surface area contributed by atoms with Crippen molar-refractivity contribution in [3.8, 4) is 0 Å². The molecule has 0 aromatic heterocycles. The van der Waals surface area contributed by atoms with Crippen LogP contribution in [0.25, 0.3) is 10.8 Å². The largest absolute Gasteiger partial charge is 0.478 e. The molecule has 2 bridgehead atoms. The van der Waals surface area contributed by atoms with Crippen molar-refractivity contribution in [2.45, 2.75) is 23.5 Å². The van der Waals surface area contributed by atoms with Crippen LogP contribution < -0.4 is 10.0 Å². The fourth-order valence-electron chi connectivity index (χ4n) is 2.70. The molecule has 1 saturated heterocycles. The zero-order chi connectivity index (χ0) is 16.7. The number of carboxylic acids is 1. The van der Waals surface area contributed by atoms with Gasteiger partial charge in [-0.15, -0.1) is 0 Å². The fraction of sp³-hybridized carbons (Fsp3) is 0.267. The average Bonchev–Trinajstić information content (AvgIpc) is 2.96. The molecule has 3 aliphatic heterocycles. The first-order valence-corrected chi connectivity index (χ1v) is 8.57. The number of benzene rings is 2. The predicted molar refractivity (Wildman–Crippen MR) is 84.6 cm³/mol. The first-order valence-electron chi connectivity index (χ1n) is 7.09.